The smallest absolute Gasteiger partial charge is 0.326 e. The Hall–Kier alpha value is -2.77. The SMILES string of the molecule is CC(C)C(NC(=O)C(CC(N)=O)NC(=O)C(NC(=O)C(N)C(C)O)C(C)O)C(=O)O. The maximum atomic E-state index is 12.5. The van der Waals surface area contributed by atoms with Crippen molar-refractivity contribution < 1.29 is 39.3 Å². The van der Waals surface area contributed by atoms with E-state index < -0.39 is 78.3 Å². The van der Waals surface area contributed by atoms with Gasteiger partial charge in [0.05, 0.1) is 18.6 Å². The molecule has 0 aromatic rings. The zero-order valence-corrected chi connectivity index (χ0v) is 17.3. The van der Waals surface area contributed by atoms with Crippen LogP contribution in [0.15, 0.2) is 0 Å². The summed E-state index contributed by atoms with van der Waals surface area (Å²) < 4.78 is 0. The van der Waals surface area contributed by atoms with Crippen LogP contribution in [-0.2, 0) is 24.0 Å². The van der Waals surface area contributed by atoms with Gasteiger partial charge in [-0.05, 0) is 19.8 Å². The van der Waals surface area contributed by atoms with E-state index in [0.29, 0.717) is 0 Å². The van der Waals surface area contributed by atoms with E-state index in [1.165, 1.54) is 13.8 Å². The first-order chi connectivity index (χ1) is 13.7. The van der Waals surface area contributed by atoms with E-state index in [4.69, 9.17) is 11.5 Å². The average Bonchev–Trinajstić information content (AvgIpc) is 2.60. The Morgan fingerprint density at radius 2 is 1.30 bits per heavy atom. The van der Waals surface area contributed by atoms with Gasteiger partial charge in [-0.3, -0.25) is 19.2 Å². The number of primary amides is 1. The maximum Gasteiger partial charge on any atom is 0.326 e. The molecule has 4 amide bonds. The first-order valence-corrected chi connectivity index (χ1v) is 9.22. The highest BCUT2D eigenvalue weighted by Crippen LogP contribution is 2.05. The Morgan fingerprint density at radius 1 is 0.800 bits per heavy atom. The summed E-state index contributed by atoms with van der Waals surface area (Å²) in [5.74, 6) is -5.74. The normalized spacial score (nSPS) is 17.1. The molecule has 0 rings (SSSR count). The van der Waals surface area contributed by atoms with Crippen LogP contribution in [0.5, 0.6) is 0 Å². The molecule has 0 fully saturated rings. The first kappa shape index (κ1) is 27.2. The van der Waals surface area contributed by atoms with Gasteiger partial charge >= 0.3 is 5.97 Å². The molecule has 0 bridgehead atoms. The lowest BCUT2D eigenvalue weighted by molar-refractivity contribution is -0.143. The van der Waals surface area contributed by atoms with Crippen LogP contribution in [0.1, 0.15) is 34.1 Å². The van der Waals surface area contributed by atoms with Crippen LogP contribution in [0, 0.1) is 5.92 Å². The summed E-state index contributed by atoms with van der Waals surface area (Å²) in [7, 11) is 0. The third-order valence-electron chi connectivity index (χ3n) is 4.15. The second-order valence-corrected chi connectivity index (χ2v) is 7.29. The lowest BCUT2D eigenvalue weighted by Crippen LogP contribution is -2.61. The van der Waals surface area contributed by atoms with Crippen LogP contribution in [0.25, 0.3) is 0 Å². The minimum absolute atomic E-state index is 0.497. The van der Waals surface area contributed by atoms with Gasteiger partial charge in [-0.25, -0.2) is 4.79 Å². The number of carbonyl (C=O) groups excluding carboxylic acids is 4. The van der Waals surface area contributed by atoms with Crippen molar-refractivity contribution in [3.63, 3.8) is 0 Å². The van der Waals surface area contributed by atoms with Gasteiger partial charge in [-0.1, -0.05) is 13.8 Å². The maximum absolute atomic E-state index is 12.5. The molecule has 0 aliphatic heterocycles. The molecule has 13 heteroatoms. The third kappa shape index (κ3) is 8.71. The Morgan fingerprint density at radius 3 is 1.67 bits per heavy atom. The van der Waals surface area contributed by atoms with Gasteiger partial charge in [0.1, 0.15) is 24.2 Å². The highest BCUT2D eigenvalue weighted by molar-refractivity contribution is 5.96. The fraction of sp³-hybridized carbons (Fsp3) is 0.706. The van der Waals surface area contributed by atoms with E-state index in [0.717, 1.165) is 0 Å². The molecule has 6 unspecified atom stereocenters. The van der Waals surface area contributed by atoms with Crippen molar-refractivity contribution in [1.29, 1.82) is 0 Å². The topological polar surface area (TPSA) is 234 Å². The van der Waals surface area contributed by atoms with Crippen molar-refractivity contribution >= 4 is 29.6 Å². The van der Waals surface area contributed by atoms with E-state index in [1.54, 1.807) is 13.8 Å². The highest BCUT2D eigenvalue weighted by Gasteiger charge is 2.34. The van der Waals surface area contributed by atoms with Gasteiger partial charge in [0.15, 0.2) is 0 Å². The van der Waals surface area contributed by atoms with Crippen molar-refractivity contribution in [3.05, 3.63) is 0 Å². The Bertz CT molecular complexity index is 652. The summed E-state index contributed by atoms with van der Waals surface area (Å²) in [6, 6.07) is -5.81. The van der Waals surface area contributed by atoms with Crippen LogP contribution in [-0.4, -0.2) is 81.3 Å². The van der Waals surface area contributed by atoms with Crippen molar-refractivity contribution in [2.45, 2.75) is 70.5 Å². The first-order valence-electron chi connectivity index (χ1n) is 9.22. The predicted octanol–water partition coefficient (Wildman–Crippen LogP) is -3.85. The molecule has 6 atom stereocenters. The monoisotopic (exact) mass is 433 g/mol. The second-order valence-electron chi connectivity index (χ2n) is 7.29. The number of hydrogen-bond acceptors (Lipinski definition) is 8. The summed E-state index contributed by atoms with van der Waals surface area (Å²) in [5.41, 5.74) is 10.6. The number of aliphatic hydroxyl groups excluding tert-OH is 2. The van der Waals surface area contributed by atoms with Gasteiger partial charge in [0.2, 0.25) is 23.6 Å². The van der Waals surface area contributed by atoms with E-state index >= 15 is 0 Å². The number of nitrogens with two attached hydrogens (primary N) is 2. The van der Waals surface area contributed by atoms with E-state index in [2.05, 4.69) is 16.0 Å². The van der Waals surface area contributed by atoms with Crippen molar-refractivity contribution in [2.24, 2.45) is 17.4 Å². The quantitative estimate of drug-likeness (QED) is 0.150. The minimum Gasteiger partial charge on any atom is -0.480 e. The Labute approximate surface area is 173 Å². The minimum atomic E-state index is -1.58. The molecular formula is C17H31N5O8. The largest absolute Gasteiger partial charge is 0.480 e. The molecule has 0 saturated carbocycles. The van der Waals surface area contributed by atoms with E-state index in [-0.39, 0.29) is 0 Å². The van der Waals surface area contributed by atoms with Crippen molar-refractivity contribution in [3.8, 4) is 0 Å². The number of nitrogens with one attached hydrogen (secondary N) is 3. The average molecular weight is 433 g/mol. The Kier molecular flexibility index (Phi) is 10.9. The molecule has 10 N–H and O–H groups in total. The summed E-state index contributed by atoms with van der Waals surface area (Å²) >= 11 is 0. The fourth-order valence-electron chi connectivity index (χ4n) is 2.31. The predicted molar refractivity (Wildman–Crippen MR) is 103 cm³/mol. The molecule has 0 radical (unpaired) electrons. The molecule has 0 aromatic heterocycles. The van der Waals surface area contributed by atoms with Crippen LogP contribution in [0.3, 0.4) is 0 Å². The lowest BCUT2D eigenvalue weighted by atomic mass is 10.0. The molecule has 0 saturated heterocycles. The summed E-state index contributed by atoms with van der Waals surface area (Å²) in [4.78, 5) is 59.5. The van der Waals surface area contributed by atoms with Gasteiger partial charge < -0.3 is 42.7 Å². The van der Waals surface area contributed by atoms with Gasteiger partial charge in [0, 0.05) is 0 Å². The molecule has 172 valence electrons. The Balaban J connectivity index is 5.47. The molecule has 0 aromatic carbocycles. The zero-order chi connectivity index (χ0) is 23.8. The molecule has 0 aliphatic rings. The van der Waals surface area contributed by atoms with Crippen LogP contribution >= 0.6 is 0 Å². The number of carbonyl (C=O) groups is 5. The number of hydrogen-bond donors (Lipinski definition) is 8. The molecular weight excluding hydrogens is 402 g/mol. The number of amides is 4. The molecule has 0 aliphatic carbocycles. The number of aliphatic carboxylic acids is 1. The van der Waals surface area contributed by atoms with Crippen molar-refractivity contribution in [2.75, 3.05) is 0 Å². The van der Waals surface area contributed by atoms with Crippen molar-refractivity contribution in [1.82, 2.24) is 16.0 Å². The summed E-state index contributed by atoms with van der Waals surface area (Å²) in [6.45, 7) is 5.53. The number of rotatable bonds is 12. The number of carboxylic acids is 1. The molecule has 0 spiro atoms. The van der Waals surface area contributed by atoms with Crippen LogP contribution in [0.4, 0.5) is 0 Å². The number of carboxylic acid groups (broad SMARTS) is 1. The van der Waals surface area contributed by atoms with E-state index in [1.807, 2.05) is 0 Å². The van der Waals surface area contributed by atoms with Crippen LogP contribution in [0.2, 0.25) is 0 Å². The summed E-state index contributed by atoms with van der Waals surface area (Å²) in [6.07, 6.45) is -3.33. The molecule has 0 heterocycles. The third-order valence-corrected chi connectivity index (χ3v) is 4.15. The molecule has 30 heavy (non-hydrogen) atoms. The highest BCUT2D eigenvalue weighted by atomic mass is 16.4. The molecule has 13 nitrogen and oxygen atoms in total. The second kappa shape index (κ2) is 12.0. The van der Waals surface area contributed by atoms with Gasteiger partial charge in [-0.2, -0.15) is 0 Å². The lowest BCUT2D eigenvalue weighted by Gasteiger charge is -2.27. The zero-order valence-electron chi connectivity index (χ0n) is 17.3. The van der Waals surface area contributed by atoms with Gasteiger partial charge in [0.25, 0.3) is 0 Å². The number of aliphatic hydroxyl groups is 2. The van der Waals surface area contributed by atoms with Gasteiger partial charge in [-0.15, -0.1) is 0 Å². The fourth-order valence-corrected chi connectivity index (χ4v) is 2.31. The summed E-state index contributed by atoms with van der Waals surface area (Å²) in [5, 5.41) is 34.9. The standard InChI is InChI=1S/C17H31N5O8/c1-6(2)12(17(29)30)21-14(26)9(5-10(18)25)20-16(28)13(8(4)24)22-15(27)11(19)7(3)23/h6-9,11-13,23-24H,5,19H2,1-4H3,(H2,18,25)(H,20,28)(H,21,26)(H,22,27)(H,29,30). The van der Waals surface area contributed by atoms with E-state index in [9.17, 15) is 39.3 Å². The van der Waals surface area contributed by atoms with Crippen LogP contribution < -0.4 is 27.4 Å².